The summed E-state index contributed by atoms with van der Waals surface area (Å²) in [6.45, 7) is 3.82. The zero-order valence-electron chi connectivity index (χ0n) is 13.6. The minimum atomic E-state index is -0.521. The predicted octanol–water partition coefficient (Wildman–Crippen LogP) is 4.47. The highest BCUT2D eigenvalue weighted by atomic mass is 16.6. The van der Waals surface area contributed by atoms with Crippen LogP contribution < -0.4 is 5.43 Å². The Morgan fingerprint density at radius 1 is 1.08 bits per heavy atom. The van der Waals surface area contributed by atoms with Gasteiger partial charge in [0.25, 0.3) is 5.69 Å². The number of benzene rings is 2. The maximum atomic E-state index is 13.0. The molecule has 6 nitrogen and oxygen atoms in total. The molecule has 0 radical (unpaired) electrons. The van der Waals surface area contributed by atoms with Gasteiger partial charge in [-0.05, 0) is 25.5 Å². The summed E-state index contributed by atoms with van der Waals surface area (Å²) in [5, 5.41) is 11.6. The molecule has 0 amide bonds. The van der Waals surface area contributed by atoms with Crippen molar-refractivity contribution in [2.24, 2.45) is 0 Å². The molecule has 25 heavy (non-hydrogen) atoms. The van der Waals surface area contributed by atoms with Gasteiger partial charge in [0.15, 0.2) is 5.58 Å². The number of aryl methyl sites for hydroxylation is 2. The Morgan fingerprint density at radius 2 is 1.80 bits per heavy atom. The molecule has 0 atom stereocenters. The van der Waals surface area contributed by atoms with Gasteiger partial charge in [-0.25, -0.2) is 0 Å². The Morgan fingerprint density at radius 3 is 2.48 bits per heavy atom. The van der Waals surface area contributed by atoms with E-state index in [2.05, 4.69) is 4.98 Å². The van der Waals surface area contributed by atoms with Crippen molar-refractivity contribution in [2.75, 3.05) is 0 Å². The average Bonchev–Trinajstić information content (AvgIpc) is 2.92. The molecule has 1 N–H and O–H groups in total. The number of hydrogen-bond donors (Lipinski definition) is 1. The number of H-pyrrole nitrogens is 1. The van der Waals surface area contributed by atoms with Crippen LogP contribution in [0.1, 0.15) is 11.3 Å². The number of hydrogen-bond acceptors (Lipinski definition) is 4. The smallest absolute Gasteiger partial charge is 0.270 e. The Hall–Kier alpha value is -3.41. The first-order valence-electron chi connectivity index (χ1n) is 7.76. The summed E-state index contributed by atoms with van der Waals surface area (Å²) in [5.74, 6) is 0. The number of nitrogens with zero attached hydrogens (tertiary/aromatic N) is 1. The highest BCUT2D eigenvalue weighted by Crippen LogP contribution is 2.31. The monoisotopic (exact) mass is 334 g/mol. The van der Waals surface area contributed by atoms with Crippen molar-refractivity contribution in [3.8, 4) is 11.3 Å². The van der Waals surface area contributed by atoms with Crippen LogP contribution in [0.25, 0.3) is 33.2 Å². The Bertz CT molecular complexity index is 1200. The first-order chi connectivity index (χ1) is 12.0. The second kappa shape index (κ2) is 5.31. The van der Waals surface area contributed by atoms with E-state index in [9.17, 15) is 14.9 Å². The number of aromatic amines is 1. The van der Waals surface area contributed by atoms with Crippen molar-refractivity contribution >= 4 is 27.6 Å². The molecular formula is C19H14N2O4. The quantitative estimate of drug-likeness (QED) is 0.433. The van der Waals surface area contributed by atoms with E-state index < -0.39 is 4.92 Å². The summed E-state index contributed by atoms with van der Waals surface area (Å²) < 4.78 is 5.86. The zero-order valence-corrected chi connectivity index (χ0v) is 13.6. The minimum absolute atomic E-state index is 0.136. The van der Waals surface area contributed by atoms with Crippen LogP contribution in [0.5, 0.6) is 0 Å². The molecule has 124 valence electrons. The molecular weight excluding hydrogens is 320 g/mol. The summed E-state index contributed by atoms with van der Waals surface area (Å²) in [6.07, 6.45) is 0. The lowest BCUT2D eigenvalue weighted by Gasteiger charge is -2.02. The molecule has 6 heteroatoms. The standard InChI is InChI=1S/C19H14N2O4/c1-10-3-5-12(6-4-10)17-16-18(22)14-9-13(21(23)24)7-8-15(14)25-19(16)11(2)20-17/h3-9,20H,1-2H3. The van der Waals surface area contributed by atoms with E-state index in [1.165, 1.54) is 18.2 Å². The van der Waals surface area contributed by atoms with Gasteiger partial charge in [0.05, 0.1) is 27.1 Å². The molecule has 0 aliphatic rings. The molecule has 4 rings (SSSR count). The molecule has 0 unspecified atom stereocenters. The molecule has 2 heterocycles. The summed E-state index contributed by atoms with van der Waals surface area (Å²) in [6, 6.07) is 11.8. The van der Waals surface area contributed by atoms with Crippen LogP contribution in [0.3, 0.4) is 0 Å². The van der Waals surface area contributed by atoms with Crippen LogP contribution in [-0.4, -0.2) is 9.91 Å². The van der Waals surface area contributed by atoms with Gasteiger partial charge >= 0.3 is 0 Å². The van der Waals surface area contributed by atoms with Crippen LogP contribution in [-0.2, 0) is 0 Å². The van der Waals surface area contributed by atoms with Crippen LogP contribution in [0.4, 0.5) is 5.69 Å². The first kappa shape index (κ1) is 15.1. The maximum absolute atomic E-state index is 13.0. The number of aromatic nitrogens is 1. The molecule has 4 aromatic rings. The highest BCUT2D eigenvalue weighted by molar-refractivity contribution is 6.00. The van der Waals surface area contributed by atoms with Gasteiger partial charge in [-0.1, -0.05) is 29.8 Å². The molecule has 0 aliphatic heterocycles. The van der Waals surface area contributed by atoms with Gasteiger partial charge in [-0.2, -0.15) is 0 Å². The van der Waals surface area contributed by atoms with E-state index >= 15 is 0 Å². The van der Waals surface area contributed by atoms with Gasteiger partial charge in [0.1, 0.15) is 5.58 Å². The molecule has 0 aliphatic carbocycles. The van der Waals surface area contributed by atoms with Gasteiger partial charge < -0.3 is 9.40 Å². The van der Waals surface area contributed by atoms with Gasteiger partial charge in [0, 0.05) is 12.1 Å². The van der Waals surface area contributed by atoms with E-state index in [1.807, 2.05) is 38.1 Å². The third-order valence-corrected chi connectivity index (χ3v) is 4.33. The molecule has 0 saturated carbocycles. The van der Waals surface area contributed by atoms with Gasteiger partial charge in [-0.3, -0.25) is 14.9 Å². The molecule has 0 spiro atoms. The fraction of sp³-hybridized carbons (Fsp3) is 0.105. The zero-order chi connectivity index (χ0) is 17.7. The molecule has 0 fully saturated rings. The summed E-state index contributed by atoms with van der Waals surface area (Å²) in [4.78, 5) is 26.7. The number of rotatable bonds is 2. The fourth-order valence-electron chi connectivity index (χ4n) is 3.03. The summed E-state index contributed by atoms with van der Waals surface area (Å²) in [7, 11) is 0. The van der Waals surface area contributed by atoms with Crippen molar-refractivity contribution in [2.45, 2.75) is 13.8 Å². The van der Waals surface area contributed by atoms with Crippen molar-refractivity contribution in [3.63, 3.8) is 0 Å². The fourth-order valence-corrected chi connectivity index (χ4v) is 3.03. The van der Waals surface area contributed by atoms with Gasteiger partial charge in [0.2, 0.25) is 5.43 Å². The lowest BCUT2D eigenvalue weighted by Crippen LogP contribution is -2.03. The summed E-state index contributed by atoms with van der Waals surface area (Å²) >= 11 is 0. The van der Waals surface area contributed by atoms with E-state index in [0.29, 0.717) is 22.2 Å². The number of fused-ring (bicyclic) bond motifs is 2. The lowest BCUT2D eigenvalue weighted by atomic mass is 10.1. The maximum Gasteiger partial charge on any atom is 0.270 e. The number of nitro groups is 1. The molecule has 0 bridgehead atoms. The first-order valence-corrected chi connectivity index (χ1v) is 7.76. The minimum Gasteiger partial charge on any atom is -0.454 e. The molecule has 0 saturated heterocycles. The third kappa shape index (κ3) is 2.30. The number of non-ortho nitro benzene ring substituents is 1. The number of nitro benzene ring substituents is 1. The Kier molecular flexibility index (Phi) is 3.21. The number of nitrogens with one attached hydrogen (secondary N) is 1. The van der Waals surface area contributed by atoms with Crippen molar-refractivity contribution in [1.29, 1.82) is 0 Å². The predicted molar refractivity (Wildman–Crippen MR) is 95.9 cm³/mol. The topological polar surface area (TPSA) is 89.1 Å². The Balaban J connectivity index is 2.10. The van der Waals surface area contributed by atoms with Crippen molar-refractivity contribution in [3.05, 3.63) is 74.1 Å². The largest absolute Gasteiger partial charge is 0.454 e. The molecule has 2 aromatic heterocycles. The van der Waals surface area contributed by atoms with Crippen LogP contribution in [0, 0.1) is 24.0 Å². The molecule has 2 aromatic carbocycles. The van der Waals surface area contributed by atoms with Gasteiger partial charge in [-0.15, -0.1) is 0 Å². The normalized spacial score (nSPS) is 11.3. The lowest BCUT2D eigenvalue weighted by molar-refractivity contribution is -0.384. The van der Waals surface area contributed by atoms with Crippen LogP contribution in [0.15, 0.2) is 51.7 Å². The van der Waals surface area contributed by atoms with Crippen LogP contribution >= 0.6 is 0 Å². The second-order valence-corrected chi connectivity index (χ2v) is 6.06. The van der Waals surface area contributed by atoms with E-state index in [-0.39, 0.29) is 16.5 Å². The van der Waals surface area contributed by atoms with Crippen LogP contribution in [0.2, 0.25) is 0 Å². The Labute approximate surface area is 141 Å². The average molecular weight is 334 g/mol. The second-order valence-electron chi connectivity index (χ2n) is 6.06. The third-order valence-electron chi connectivity index (χ3n) is 4.33. The highest BCUT2D eigenvalue weighted by Gasteiger charge is 2.19. The van der Waals surface area contributed by atoms with E-state index in [0.717, 1.165) is 16.8 Å². The van der Waals surface area contributed by atoms with E-state index in [4.69, 9.17) is 4.42 Å². The SMILES string of the molecule is Cc1ccc(-c2[nH]c(C)c3oc4ccc([N+](=O)[O-])cc4c(=O)c23)cc1. The van der Waals surface area contributed by atoms with Crippen molar-refractivity contribution < 1.29 is 9.34 Å². The van der Waals surface area contributed by atoms with Crippen molar-refractivity contribution in [1.82, 2.24) is 4.98 Å². The van der Waals surface area contributed by atoms with E-state index in [1.54, 1.807) is 0 Å². The summed E-state index contributed by atoms with van der Waals surface area (Å²) in [5.41, 5.74) is 3.77.